The molecule has 1 aliphatic rings. The number of hydrogen-bond acceptors (Lipinski definition) is 7. The molecule has 0 radical (unpaired) electrons. The summed E-state index contributed by atoms with van der Waals surface area (Å²) in [4.78, 5) is 21.9. The summed E-state index contributed by atoms with van der Waals surface area (Å²) in [7, 11) is 1.67. The van der Waals surface area contributed by atoms with E-state index in [4.69, 9.17) is 19.2 Å². The van der Waals surface area contributed by atoms with Crippen molar-refractivity contribution in [1.29, 1.82) is 0 Å². The predicted octanol–water partition coefficient (Wildman–Crippen LogP) is 4.06. The summed E-state index contributed by atoms with van der Waals surface area (Å²) in [5.74, 6) is 2.12. The topological polar surface area (TPSA) is 64.1 Å². The van der Waals surface area contributed by atoms with Crippen LogP contribution in [0, 0.1) is 0 Å². The van der Waals surface area contributed by atoms with Crippen molar-refractivity contribution < 1.29 is 19.0 Å². The number of nitrogens with zero attached hydrogens (tertiary/aromatic N) is 3. The Morgan fingerprint density at radius 3 is 2.45 bits per heavy atom. The van der Waals surface area contributed by atoms with Gasteiger partial charge in [0.15, 0.2) is 16.6 Å². The molecule has 1 fully saturated rings. The number of thiazole rings is 1. The summed E-state index contributed by atoms with van der Waals surface area (Å²) in [6.45, 7) is 7.71. The molecule has 8 heteroatoms. The number of carbonyl (C=O) groups is 1. The molecule has 1 amide bonds. The Labute approximate surface area is 186 Å². The van der Waals surface area contributed by atoms with E-state index < -0.39 is 0 Å². The van der Waals surface area contributed by atoms with Crippen LogP contribution in [0.4, 0.5) is 5.13 Å². The third-order valence-corrected chi connectivity index (χ3v) is 6.29. The van der Waals surface area contributed by atoms with Gasteiger partial charge >= 0.3 is 0 Å². The number of piperazine rings is 1. The fourth-order valence-electron chi connectivity index (χ4n) is 3.62. The maximum Gasteiger partial charge on any atom is 0.254 e. The molecule has 2 aromatic carbocycles. The van der Waals surface area contributed by atoms with E-state index in [1.807, 2.05) is 49.1 Å². The molecule has 0 spiro atoms. The van der Waals surface area contributed by atoms with Crippen molar-refractivity contribution in [2.24, 2.45) is 0 Å². The van der Waals surface area contributed by atoms with Gasteiger partial charge in [0, 0.05) is 31.7 Å². The molecule has 31 heavy (non-hydrogen) atoms. The van der Waals surface area contributed by atoms with Gasteiger partial charge in [-0.3, -0.25) is 4.79 Å². The Balaban J connectivity index is 1.43. The Morgan fingerprint density at radius 1 is 1.00 bits per heavy atom. The van der Waals surface area contributed by atoms with E-state index in [1.54, 1.807) is 24.5 Å². The van der Waals surface area contributed by atoms with Crippen LogP contribution in [0.2, 0.25) is 0 Å². The van der Waals surface area contributed by atoms with Crippen LogP contribution in [-0.2, 0) is 0 Å². The van der Waals surface area contributed by atoms with Crippen LogP contribution >= 0.6 is 11.3 Å². The standard InChI is InChI=1S/C23H27N3O4S/c1-4-29-19-9-6-16(14-20(19)30-5-2)22(27)25-10-12-26(13-11-25)23-24-18-8-7-17(28-3)15-21(18)31-23/h6-9,14-15H,4-5,10-13H2,1-3H3. The molecule has 1 aliphatic heterocycles. The quantitative estimate of drug-likeness (QED) is 0.551. The first-order valence-electron chi connectivity index (χ1n) is 10.5. The summed E-state index contributed by atoms with van der Waals surface area (Å²) < 4.78 is 17.7. The summed E-state index contributed by atoms with van der Waals surface area (Å²) in [6.07, 6.45) is 0. The Bertz CT molecular complexity index is 1060. The third-order valence-electron chi connectivity index (χ3n) is 5.21. The van der Waals surface area contributed by atoms with E-state index in [-0.39, 0.29) is 5.91 Å². The summed E-state index contributed by atoms with van der Waals surface area (Å²) in [6, 6.07) is 11.3. The maximum atomic E-state index is 13.1. The summed E-state index contributed by atoms with van der Waals surface area (Å²) in [5, 5.41) is 0.982. The zero-order chi connectivity index (χ0) is 21.8. The molecule has 0 bridgehead atoms. The van der Waals surface area contributed by atoms with Gasteiger partial charge in [-0.1, -0.05) is 11.3 Å². The van der Waals surface area contributed by atoms with Gasteiger partial charge in [-0.25, -0.2) is 4.98 Å². The van der Waals surface area contributed by atoms with Gasteiger partial charge in [-0.05, 0) is 50.2 Å². The Kier molecular flexibility index (Phi) is 6.46. The van der Waals surface area contributed by atoms with Crippen LogP contribution in [-0.4, -0.2) is 62.3 Å². The average Bonchev–Trinajstić information content (AvgIpc) is 3.23. The number of aromatic nitrogens is 1. The van der Waals surface area contributed by atoms with Crippen molar-refractivity contribution in [3.8, 4) is 17.2 Å². The first-order chi connectivity index (χ1) is 15.1. The first-order valence-corrected chi connectivity index (χ1v) is 11.3. The van der Waals surface area contributed by atoms with Gasteiger partial charge in [-0.2, -0.15) is 0 Å². The lowest BCUT2D eigenvalue weighted by Gasteiger charge is -2.34. The van der Waals surface area contributed by atoms with Gasteiger partial charge in [-0.15, -0.1) is 0 Å². The highest BCUT2D eigenvalue weighted by Crippen LogP contribution is 2.32. The summed E-state index contributed by atoms with van der Waals surface area (Å²) in [5.41, 5.74) is 1.59. The SMILES string of the molecule is CCOc1ccc(C(=O)N2CCN(c3nc4ccc(OC)cc4s3)CC2)cc1OCC. The maximum absolute atomic E-state index is 13.1. The van der Waals surface area contributed by atoms with Crippen LogP contribution in [0.1, 0.15) is 24.2 Å². The molecule has 1 aromatic heterocycles. The summed E-state index contributed by atoms with van der Waals surface area (Å²) >= 11 is 1.65. The predicted molar refractivity (Wildman–Crippen MR) is 123 cm³/mol. The van der Waals surface area contributed by atoms with Crippen LogP contribution in [0.5, 0.6) is 17.2 Å². The van der Waals surface area contributed by atoms with E-state index in [2.05, 4.69) is 4.90 Å². The zero-order valence-electron chi connectivity index (χ0n) is 18.1. The normalized spacial score (nSPS) is 14.0. The van der Waals surface area contributed by atoms with E-state index >= 15 is 0 Å². The lowest BCUT2D eigenvalue weighted by molar-refractivity contribution is 0.0746. The van der Waals surface area contributed by atoms with Crippen LogP contribution < -0.4 is 19.1 Å². The van der Waals surface area contributed by atoms with Crippen molar-refractivity contribution in [1.82, 2.24) is 9.88 Å². The lowest BCUT2D eigenvalue weighted by atomic mass is 10.1. The van der Waals surface area contributed by atoms with Gasteiger partial charge in [0.05, 0.1) is 30.5 Å². The van der Waals surface area contributed by atoms with E-state index in [0.29, 0.717) is 43.4 Å². The van der Waals surface area contributed by atoms with Gasteiger partial charge < -0.3 is 24.0 Å². The number of anilines is 1. The molecular formula is C23H27N3O4S. The minimum absolute atomic E-state index is 0.0117. The molecule has 2 heterocycles. The van der Waals surface area contributed by atoms with Gasteiger partial charge in [0.25, 0.3) is 5.91 Å². The highest BCUT2D eigenvalue weighted by Gasteiger charge is 2.25. The molecule has 0 saturated carbocycles. The second-order valence-corrected chi connectivity index (χ2v) is 8.15. The largest absolute Gasteiger partial charge is 0.497 e. The number of amides is 1. The van der Waals surface area contributed by atoms with Crippen LogP contribution in [0.15, 0.2) is 36.4 Å². The van der Waals surface area contributed by atoms with Crippen LogP contribution in [0.3, 0.4) is 0 Å². The second-order valence-electron chi connectivity index (χ2n) is 7.14. The molecule has 7 nitrogen and oxygen atoms in total. The number of carbonyl (C=O) groups excluding carboxylic acids is 1. The Hall–Kier alpha value is -3.00. The fraction of sp³-hybridized carbons (Fsp3) is 0.391. The smallest absolute Gasteiger partial charge is 0.254 e. The Morgan fingerprint density at radius 2 is 1.74 bits per heavy atom. The molecule has 0 aliphatic carbocycles. The number of ether oxygens (including phenoxy) is 3. The van der Waals surface area contributed by atoms with Crippen molar-refractivity contribution in [2.75, 3.05) is 51.4 Å². The van der Waals surface area contributed by atoms with Crippen molar-refractivity contribution >= 4 is 32.6 Å². The molecule has 3 aromatic rings. The van der Waals surface area contributed by atoms with E-state index in [9.17, 15) is 4.79 Å². The molecule has 0 N–H and O–H groups in total. The molecule has 0 unspecified atom stereocenters. The monoisotopic (exact) mass is 441 g/mol. The van der Waals surface area contributed by atoms with Crippen molar-refractivity contribution in [3.05, 3.63) is 42.0 Å². The molecule has 1 saturated heterocycles. The second kappa shape index (κ2) is 9.43. The fourth-order valence-corrected chi connectivity index (χ4v) is 4.67. The third kappa shape index (κ3) is 4.54. The number of fused-ring (bicyclic) bond motifs is 1. The number of hydrogen-bond donors (Lipinski definition) is 0. The van der Waals surface area contributed by atoms with Crippen molar-refractivity contribution in [3.63, 3.8) is 0 Å². The average molecular weight is 442 g/mol. The molecule has 4 rings (SSSR count). The molecular weight excluding hydrogens is 414 g/mol. The minimum atomic E-state index is 0.0117. The minimum Gasteiger partial charge on any atom is -0.497 e. The molecule has 0 atom stereocenters. The van der Waals surface area contributed by atoms with E-state index in [1.165, 1.54) is 0 Å². The number of benzene rings is 2. The zero-order valence-corrected chi connectivity index (χ0v) is 18.9. The van der Waals surface area contributed by atoms with Crippen LogP contribution in [0.25, 0.3) is 10.2 Å². The first kappa shape index (κ1) is 21.2. The lowest BCUT2D eigenvalue weighted by Crippen LogP contribution is -2.48. The number of rotatable bonds is 7. The van der Waals surface area contributed by atoms with E-state index in [0.717, 1.165) is 34.2 Å². The van der Waals surface area contributed by atoms with Crippen molar-refractivity contribution in [2.45, 2.75) is 13.8 Å². The number of methoxy groups -OCH3 is 1. The highest BCUT2D eigenvalue weighted by atomic mass is 32.1. The van der Waals surface area contributed by atoms with Gasteiger partial charge in [0.1, 0.15) is 5.75 Å². The van der Waals surface area contributed by atoms with Gasteiger partial charge in [0.2, 0.25) is 0 Å². The molecule has 164 valence electrons. The highest BCUT2D eigenvalue weighted by molar-refractivity contribution is 7.22.